The fraction of sp³-hybridized carbons (Fsp3) is 0.500. The third kappa shape index (κ3) is 4.65. The van der Waals surface area contributed by atoms with E-state index in [2.05, 4.69) is 10.0 Å². The summed E-state index contributed by atoms with van der Waals surface area (Å²) >= 11 is 0. The molecule has 0 spiro atoms. The number of fused-ring (bicyclic) bond motifs is 1. The van der Waals surface area contributed by atoms with E-state index in [0.717, 1.165) is 49.2 Å². The molecule has 32 heavy (non-hydrogen) atoms. The summed E-state index contributed by atoms with van der Waals surface area (Å²) in [6.45, 7) is 3.85. The number of hydrazine groups is 1. The Kier molecular flexibility index (Phi) is 6.51. The number of nitrogens with zero attached hydrogens (tertiary/aromatic N) is 4. The van der Waals surface area contributed by atoms with Crippen molar-refractivity contribution in [2.45, 2.75) is 19.3 Å². The SMILES string of the molecule is O=C(N/C=C1/CN(c2cc(F)c(N3CCN4CCCCN4CC3)c(F)c2)C(=O)O1)C(F)F. The largest absolute Gasteiger partial charge is 0.419 e. The Morgan fingerprint density at radius 2 is 1.59 bits per heavy atom. The topological polar surface area (TPSA) is 68.4 Å². The van der Waals surface area contributed by atoms with E-state index in [0.29, 0.717) is 26.2 Å². The molecule has 3 fully saturated rings. The Morgan fingerprint density at radius 1 is 1.00 bits per heavy atom. The summed E-state index contributed by atoms with van der Waals surface area (Å²) in [4.78, 5) is 25.7. The van der Waals surface area contributed by atoms with Crippen molar-refractivity contribution in [1.82, 2.24) is 15.3 Å². The van der Waals surface area contributed by atoms with Gasteiger partial charge in [0.05, 0.1) is 12.2 Å². The highest BCUT2D eigenvalue weighted by Crippen LogP contribution is 2.32. The van der Waals surface area contributed by atoms with E-state index in [9.17, 15) is 27.2 Å². The molecule has 3 heterocycles. The summed E-state index contributed by atoms with van der Waals surface area (Å²) in [5, 5.41) is 6.23. The van der Waals surface area contributed by atoms with Crippen LogP contribution in [0, 0.1) is 11.6 Å². The molecule has 0 saturated carbocycles. The second-order valence-corrected chi connectivity index (χ2v) is 7.73. The van der Waals surface area contributed by atoms with E-state index in [1.165, 1.54) is 0 Å². The van der Waals surface area contributed by atoms with Gasteiger partial charge in [0, 0.05) is 57.6 Å². The lowest BCUT2D eigenvalue weighted by Crippen LogP contribution is -2.47. The maximum atomic E-state index is 15.0. The summed E-state index contributed by atoms with van der Waals surface area (Å²) in [5.74, 6) is -3.32. The maximum Gasteiger partial charge on any atom is 0.419 e. The van der Waals surface area contributed by atoms with Crippen molar-refractivity contribution in [2.24, 2.45) is 0 Å². The molecule has 1 aromatic rings. The fourth-order valence-corrected chi connectivity index (χ4v) is 4.10. The molecule has 3 aliphatic heterocycles. The van der Waals surface area contributed by atoms with Gasteiger partial charge in [0.25, 0.3) is 5.91 Å². The van der Waals surface area contributed by atoms with E-state index >= 15 is 0 Å². The second-order valence-electron chi connectivity index (χ2n) is 7.73. The predicted octanol–water partition coefficient (Wildman–Crippen LogP) is 2.28. The van der Waals surface area contributed by atoms with E-state index in [-0.39, 0.29) is 23.7 Å². The molecule has 3 saturated heterocycles. The number of ether oxygens (including phenoxy) is 1. The summed E-state index contributed by atoms with van der Waals surface area (Å²) in [7, 11) is 0. The lowest BCUT2D eigenvalue weighted by atomic mass is 10.2. The number of alkyl halides is 2. The van der Waals surface area contributed by atoms with Crippen LogP contribution in [0.5, 0.6) is 0 Å². The first-order valence-electron chi connectivity index (χ1n) is 10.3. The molecule has 12 heteroatoms. The molecule has 174 valence electrons. The summed E-state index contributed by atoms with van der Waals surface area (Å²) in [6.07, 6.45) is -1.14. The quantitative estimate of drug-likeness (QED) is 0.700. The zero-order valence-corrected chi connectivity index (χ0v) is 17.2. The first-order chi connectivity index (χ1) is 15.3. The fourth-order valence-electron chi connectivity index (χ4n) is 4.10. The first kappa shape index (κ1) is 22.3. The van der Waals surface area contributed by atoms with E-state index < -0.39 is 30.1 Å². The van der Waals surface area contributed by atoms with Crippen LogP contribution in [-0.4, -0.2) is 74.3 Å². The van der Waals surface area contributed by atoms with E-state index in [1.54, 1.807) is 10.2 Å². The molecule has 0 bridgehead atoms. The molecule has 3 aliphatic rings. The molecular formula is C20H23F4N5O3. The van der Waals surface area contributed by atoms with Crippen molar-refractivity contribution in [3.63, 3.8) is 0 Å². The highest BCUT2D eigenvalue weighted by Gasteiger charge is 2.32. The molecule has 0 unspecified atom stereocenters. The molecule has 2 amide bonds. The number of anilines is 2. The maximum absolute atomic E-state index is 15.0. The lowest BCUT2D eigenvalue weighted by molar-refractivity contribution is -0.130. The smallest absolute Gasteiger partial charge is 0.411 e. The van der Waals surface area contributed by atoms with Crippen LogP contribution in [0.3, 0.4) is 0 Å². The highest BCUT2D eigenvalue weighted by atomic mass is 19.3. The Hall–Kier alpha value is -2.86. The Morgan fingerprint density at radius 3 is 2.16 bits per heavy atom. The molecule has 0 aromatic heterocycles. The van der Waals surface area contributed by atoms with Crippen LogP contribution >= 0.6 is 0 Å². The highest BCUT2D eigenvalue weighted by molar-refractivity contribution is 5.91. The number of amides is 2. The number of carbonyl (C=O) groups excluding carboxylic acids is 2. The van der Waals surface area contributed by atoms with Gasteiger partial charge in [-0.05, 0) is 12.8 Å². The van der Waals surface area contributed by atoms with Gasteiger partial charge in [-0.2, -0.15) is 8.78 Å². The number of cyclic esters (lactones) is 1. The average molecular weight is 457 g/mol. The van der Waals surface area contributed by atoms with Crippen LogP contribution in [0.1, 0.15) is 12.8 Å². The van der Waals surface area contributed by atoms with Gasteiger partial charge >= 0.3 is 12.5 Å². The number of halogens is 4. The summed E-state index contributed by atoms with van der Waals surface area (Å²) < 4.78 is 59.4. The summed E-state index contributed by atoms with van der Waals surface area (Å²) in [5.41, 5.74) is -0.226. The van der Waals surface area contributed by atoms with Gasteiger partial charge in [-0.1, -0.05) is 0 Å². The number of hydrogen-bond acceptors (Lipinski definition) is 6. The minimum atomic E-state index is -3.23. The average Bonchev–Trinajstić information content (AvgIpc) is 3.00. The normalized spacial score (nSPS) is 21.7. The van der Waals surface area contributed by atoms with Gasteiger partial charge in [-0.3, -0.25) is 9.69 Å². The molecule has 8 nitrogen and oxygen atoms in total. The second kappa shape index (κ2) is 9.33. The van der Waals surface area contributed by atoms with Crippen molar-refractivity contribution in [3.05, 3.63) is 35.7 Å². The first-order valence-corrected chi connectivity index (χ1v) is 10.3. The molecule has 1 N–H and O–H groups in total. The Bertz CT molecular complexity index is 889. The lowest BCUT2D eigenvalue weighted by Gasteiger charge is -2.36. The van der Waals surface area contributed by atoms with Crippen LogP contribution < -0.4 is 15.1 Å². The van der Waals surface area contributed by atoms with Gasteiger partial charge in [-0.15, -0.1) is 0 Å². The van der Waals surface area contributed by atoms with Crippen LogP contribution in [0.15, 0.2) is 24.1 Å². The van der Waals surface area contributed by atoms with Crippen molar-refractivity contribution in [3.8, 4) is 0 Å². The molecule has 0 aliphatic carbocycles. The standard InChI is InChI=1S/C20H23F4N5O3/c21-15-9-13(29-12-14(32-20(29)31)11-25-19(30)18(23)24)10-16(22)17(15)26-5-7-27-3-1-2-4-28(27)8-6-26/h9-11,18H,1-8,12H2,(H,25,30)/b14-11-. The van der Waals surface area contributed by atoms with Crippen LogP contribution in [0.2, 0.25) is 0 Å². The van der Waals surface area contributed by atoms with Crippen LogP contribution in [0.25, 0.3) is 0 Å². The van der Waals surface area contributed by atoms with Crippen molar-refractivity contribution >= 4 is 23.4 Å². The molecule has 4 rings (SSSR count). The minimum Gasteiger partial charge on any atom is -0.411 e. The van der Waals surface area contributed by atoms with Crippen LogP contribution in [0.4, 0.5) is 33.7 Å². The third-order valence-corrected chi connectivity index (χ3v) is 5.69. The number of nitrogens with one attached hydrogen (secondary N) is 1. The van der Waals surface area contributed by atoms with E-state index in [4.69, 9.17) is 4.74 Å². The molecular weight excluding hydrogens is 434 g/mol. The van der Waals surface area contributed by atoms with E-state index in [1.807, 2.05) is 0 Å². The van der Waals surface area contributed by atoms with Gasteiger partial charge < -0.3 is 15.0 Å². The minimum absolute atomic E-state index is 0.0756. The molecule has 0 radical (unpaired) electrons. The van der Waals surface area contributed by atoms with Crippen LogP contribution in [-0.2, 0) is 9.53 Å². The molecule has 1 aromatic carbocycles. The van der Waals surface area contributed by atoms with Gasteiger partial charge in [0.1, 0.15) is 11.4 Å². The monoisotopic (exact) mass is 457 g/mol. The molecule has 0 atom stereocenters. The van der Waals surface area contributed by atoms with Crippen molar-refractivity contribution < 1.29 is 31.9 Å². The number of hydrogen-bond donors (Lipinski definition) is 1. The van der Waals surface area contributed by atoms with Gasteiger partial charge in [0.2, 0.25) is 0 Å². The van der Waals surface area contributed by atoms with Crippen molar-refractivity contribution in [2.75, 3.05) is 55.6 Å². The number of rotatable bonds is 4. The predicted molar refractivity (Wildman–Crippen MR) is 107 cm³/mol. The number of benzene rings is 1. The third-order valence-electron chi connectivity index (χ3n) is 5.69. The van der Waals surface area contributed by atoms with Gasteiger partial charge in [-0.25, -0.2) is 23.6 Å². The zero-order valence-electron chi connectivity index (χ0n) is 17.2. The van der Waals surface area contributed by atoms with Crippen molar-refractivity contribution in [1.29, 1.82) is 0 Å². The van der Waals surface area contributed by atoms with Gasteiger partial charge in [0.15, 0.2) is 11.6 Å². The Balaban J connectivity index is 1.48. The summed E-state index contributed by atoms with van der Waals surface area (Å²) in [6, 6.07) is 2.08. The number of carbonyl (C=O) groups is 2. The Labute approximate surface area is 181 Å². The zero-order chi connectivity index (χ0) is 22.8.